The van der Waals surface area contributed by atoms with Gasteiger partial charge in [0.2, 0.25) is 0 Å². The van der Waals surface area contributed by atoms with Crippen LogP contribution in [0, 0.1) is 10.1 Å². The third-order valence-corrected chi connectivity index (χ3v) is 5.28. The number of hydrogen-bond donors (Lipinski definition) is 0. The number of nitro benzene ring substituents is 1. The fourth-order valence-corrected chi connectivity index (χ4v) is 3.79. The molecule has 0 spiro atoms. The van der Waals surface area contributed by atoms with Crippen LogP contribution in [0.5, 0.6) is 0 Å². The van der Waals surface area contributed by atoms with E-state index in [1.807, 2.05) is 42.5 Å². The molecule has 0 aliphatic carbocycles. The van der Waals surface area contributed by atoms with Gasteiger partial charge < -0.3 is 0 Å². The third-order valence-electron chi connectivity index (χ3n) is 4.22. The van der Waals surface area contributed by atoms with E-state index in [0.29, 0.717) is 5.75 Å². The Bertz CT molecular complexity index is 1100. The molecule has 3 aromatic carbocycles. The number of hydrogen-bond acceptors (Lipinski definition) is 5. The molecular formula is C21H15N3O2S. The van der Waals surface area contributed by atoms with Crippen LogP contribution < -0.4 is 0 Å². The Morgan fingerprint density at radius 1 is 0.815 bits per heavy atom. The molecule has 6 heteroatoms. The van der Waals surface area contributed by atoms with Crippen molar-refractivity contribution >= 4 is 28.2 Å². The minimum atomic E-state index is -0.391. The summed E-state index contributed by atoms with van der Waals surface area (Å²) in [5, 5.41) is 22.6. The normalized spacial score (nSPS) is 10.8. The smallest absolute Gasteiger partial charge is 0.258 e. The van der Waals surface area contributed by atoms with Crippen LogP contribution in [-0.4, -0.2) is 15.1 Å². The Morgan fingerprint density at radius 2 is 1.48 bits per heavy atom. The van der Waals surface area contributed by atoms with Crippen LogP contribution in [0.25, 0.3) is 22.0 Å². The van der Waals surface area contributed by atoms with E-state index >= 15 is 0 Å². The number of thioether (sulfide) groups is 1. The van der Waals surface area contributed by atoms with Gasteiger partial charge in [-0.1, -0.05) is 78.5 Å². The molecule has 0 aliphatic heterocycles. The first kappa shape index (κ1) is 17.2. The third kappa shape index (κ3) is 3.66. The van der Waals surface area contributed by atoms with Crippen molar-refractivity contribution in [3.63, 3.8) is 0 Å². The number of aromatic nitrogens is 2. The van der Waals surface area contributed by atoms with Gasteiger partial charge in [0.15, 0.2) is 0 Å². The first-order valence-electron chi connectivity index (χ1n) is 8.39. The highest BCUT2D eigenvalue weighted by Gasteiger charge is 2.11. The number of fused-ring (bicyclic) bond motifs is 1. The van der Waals surface area contributed by atoms with Crippen molar-refractivity contribution in [2.24, 2.45) is 0 Å². The SMILES string of the molecule is O=[N+]([O-])c1ccc(CSc2nnc(-c3ccccc3)c3ccccc23)cc1. The average molecular weight is 373 g/mol. The quantitative estimate of drug-likeness (QED) is 0.262. The number of nitro groups is 1. The maximum absolute atomic E-state index is 10.8. The first-order valence-corrected chi connectivity index (χ1v) is 9.38. The van der Waals surface area contributed by atoms with Crippen molar-refractivity contribution in [2.45, 2.75) is 10.8 Å². The molecule has 0 bridgehead atoms. The minimum absolute atomic E-state index is 0.0983. The summed E-state index contributed by atoms with van der Waals surface area (Å²) in [4.78, 5) is 10.4. The van der Waals surface area contributed by atoms with Crippen molar-refractivity contribution in [2.75, 3.05) is 0 Å². The molecule has 1 aromatic heterocycles. The zero-order valence-corrected chi connectivity index (χ0v) is 15.1. The summed E-state index contributed by atoms with van der Waals surface area (Å²) in [6.07, 6.45) is 0. The Labute approximate surface area is 160 Å². The molecule has 5 nitrogen and oxygen atoms in total. The van der Waals surface area contributed by atoms with Gasteiger partial charge in [0.05, 0.1) is 4.92 Å². The van der Waals surface area contributed by atoms with Crippen LogP contribution in [0.1, 0.15) is 5.56 Å². The van der Waals surface area contributed by atoms with Crippen molar-refractivity contribution < 1.29 is 4.92 Å². The number of rotatable bonds is 5. The molecule has 0 radical (unpaired) electrons. The molecular weight excluding hydrogens is 358 g/mol. The van der Waals surface area contributed by atoms with Crippen LogP contribution >= 0.6 is 11.8 Å². The maximum atomic E-state index is 10.8. The van der Waals surface area contributed by atoms with E-state index in [-0.39, 0.29) is 5.69 Å². The van der Waals surface area contributed by atoms with E-state index in [0.717, 1.165) is 32.6 Å². The van der Waals surface area contributed by atoms with E-state index in [1.54, 1.807) is 23.9 Å². The first-order chi connectivity index (χ1) is 13.2. The molecule has 0 amide bonds. The molecule has 0 aliphatic rings. The van der Waals surface area contributed by atoms with Gasteiger partial charge in [-0.2, -0.15) is 0 Å². The number of benzene rings is 3. The summed E-state index contributed by atoms with van der Waals surface area (Å²) < 4.78 is 0. The zero-order valence-electron chi connectivity index (χ0n) is 14.3. The van der Waals surface area contributed by atoms with E-state index in [1.165, 1.54) is 12.1 Å². The molecule has 0 N–H and O–H groups in total. The molecule has 4 rings (SSSR count). The Morgan fingerprint density at radius 3 is 2.19 bits per heavy atom. The minimum Gasteiger partial charge on any atom is -0.258 e. The largest absolute Gasteiger partial charge is 0.269 e. The van der Waals surface area contributed by atoms with Crippen LogP contribution in [0.4, 0.5) is 5.69 Å². The van der Waals surface area contributed by atoms with Gasteiger partial charge in [-0.3, -0.25) is 10.1 Å². The van der Waals surface area contributed by atoms with Crippen LogP contribution in [0.2, 0.25) is 0 Å². The summed E-state index contributed by atoms with van der Waals surface area (Å²) in [7, 11) is 0. The summed E-state index contributed by atoms with van der Waals surface area (Å²) in [5.74, 6) is 0.668. The monoisotopic (exact) mass is 373 g/mol. The van der Waals surface area contributed by atoms with Gasteiger partial charge in [-0.15, -0.1) is 10.2 Å². The van der Waals surface area contributed by atoms with Crippen LogP contribution in [0.3, 0.4) is 0 Å². The topological polar surface area (TPSA) is 68.9 Å². The predicted molar refractivity (Wildman–Crippen MR) is 108 cm³/mol. The second-order valence-corrected chi connectivity index (χ2v) is 6.94. The Hall–Kier alpha value is -3.25. The highest BCUT2D eigenvalue weighted by Crippen LogP contribution is 2.33. The summed E-state index contributed by atoms with van der Waals surface area (Å²) in [6.45, 7) is 0. The lowest BCUT2D eigenvalue weighted by atomic mass is 10.1. The Kier molecular flexibility index (Phi) is 4.80. The summed E-state index contributed by atoms with van der Waals surface area (Å²) in [6, 6.07) is 24.7. The highest BCUT2D eigenvalue weighted by molar-refractivity contribution is 7.98. The van der Waals surface area contributed by atoms with Gasteiger partial charge in [0.1, 0.15) is 10.7 Å². The molecule has 0 saturated carbocycles. The maximum Gasteiger partial charge on any atom is 0.269 e. The van der Waals surface area contributed by atoms with Gasteiger partial charge >= 0.3 is 0 Å². The lowest BCUT2D eigenvalue weighted by molar-refractivity contribution is -0.384. The van der Waals surface area contributed by atoms with Crippen molar-refractivity contribution in [3.05, 3.63) is 94.5 Å². The fourth-order valence-electron chi connectivity index (χ4n) is 2.86. The summed E-state index contributed by atoms with van der Waals surface area (Å²) >= 11 is 1.58. The predicted octanol–water partition coefficient (Wildman–Crippen LogP) is 5.50. The van der Waals surface area contributed by atoms with E-state index in [4.69, 9.17) is 0 Å². The molecule has 4 aromatic rings. The molecule has 1 heterocycles. The lowest BCUT2D eigenvalue weighted by Gasteiger charge is -2.09. The molecule has 27 heavy (non-hydrogen) atoms. The Balaban J connectivity index is 1.64. The molecule has 0 atom stereocenters. The fraction of sp³-hybridized carbons (Fsp3) is 0.0476. The highest BCUT2D eigenvalue weighted by atomic mass is 32.2. The van der Waals surface area contributed by atoms with Gasteiger partial charge in [0.25, 0.3) is 5.69 Å². The van der Waals surface area contributed by atoms with Crippen molar-refractivity contribution in [1.82, 2.24) is 10.2 Å². The van der Waals surface area contributed by atoms with Crippen molar-refractivity contribution in [3.8, 4) is 11.3 Å². The zero-order chi connectivity index (χ0) is 18.6. The van der Waals surface area contributed by atoms with Crippen LogP contribution in [0.15, 0.2) is 83.9 Å². The molecule has 0 saturated heterocycles. The lowest BCUT2D eigenvalue weighted by Crippen LogP contribution is -1.94. The van der Waals surface area contributed by atoms with E-state index < -0.39 is 4.92 Å². The van der Waals surface area contributed by atoms with Gasteiger partial charge in [-0.05, 0) is 5.56 Å². The average Bonchev–Trinajstić information content (AvgIpc) is 2.73. The summed E-state index contributed by atoms with van der Waals surface area (Å²) in [5.41, 5.74) is 3.00. The molecule has 132 valence electrons. The second-order valence-electron chi connectivity index (χ2n) is 5.98. The molecule has 0 fully saturated rings. The van der Waals surface area contributed by atoms with Crippen LogP contribution in [-0.2, 0) is 5.75 Å². The number of nitrogens with zero attached hydrogens (tertiary/aromatic N) is 3. The number of non-ortho nitro benzene ring substituents is 1. The van der Waals surface area contributed by atoms with Gasteiger partial charge in [-0.25, -0.2) is 0 Å². The standard InChI is InChI=1S/C21H15N3O2S/c25-24(26)17-12-10-15(11-13-17)14-27-21-19-9-5-4-8-18(19)20(22-23-21)16-6-2-1-3-7-16/h1-13H,14H2. The van der Waals surface area contributed by atoms with Gasteiger partial charge in [0, 0.05) is 34.2 Å². The van der Waals surface area contributed by atoms with Crippen molar-refractivity contribution in [1.29, 1.82) is 0 Å². The van der Waals surface area contributed by atoms with E-state index in [9.17, 15) is 10.1 Å². The molecule has 0 unspecified atom stereocenters. The van der Waals surface area contributed by atoms with E-state index in [2.05, 4.69) is 22.3 Å². The second kappa shape index (κ2) is 7.55.